The van der Waals surface area contributed by atoms with Gasteiger partial charge in [0.25, 0.3) is 0 Å². The maximum absolute atomic E-state index is 13.6. The van der Waals surface area contributed by atoms with E-state index in [2.05, 4.69) is 39.9 Å². The molecule has 16 aromatic rings. The molecule has 0 aliphatic rings. The van der Waals surface area contributed by atoms with Crippen LogP contribution in [0.2, 0.25) is 0 Å². The molecule has 6 aromatic carbocycles. The van der Waals surface area contributed by atoms with Crippen molar-refractivity contribution in [3.8, 4) is 11.4 Å². The van der Waals surface area contributed by atoms with Gasteiger partial charge in [0.1, 0.15) is 28.2 Å². The predicted octanol–water partition coefficient (Wildman–Crippen LogP) is 23.8. The number of hydrogen-bond donors (Lipinski definition) is 3. The third-order valence-corrected chi connectivity index (χ3v) is 19.8. The monoisotopic (exact) mass is 1540 g/mol. The number of fused-ring (bicyclic) bond motifs is 5. The number of Topliss-reactive ketones (excluding diaryl/α,β-unsaturated/α-hetero) is 2. The summed E-state index contributed by atoms with van der Waals surface area (Å²) in [5.41, 5.74) is 10.9. The lowest BCUT2D eigenvalue weighted by Crippen LogP contribution is -2.13. The first-order valence-electron chi connectivity index (χ1n) is 35.9. The molecule has 576 valence electrons. The van der Waals surface area contributed by atoms with E-state index in [1.54, 1.807) is 151 Å². The first-order valence-corrected chi connectivity index (χ1v) is 35.9. The van der Waals surface area contributed by atoms with Gasteiger partial charge in [-0.1, -0.05) is 62.4 Å². The van der Waals surface area contributed by atoms with Gasteiger partial charge in [-0.2, -0.15) is 52.7 Å². The van der Waals surface area contributed by atoms with Gasteiger partial charge in [0.15, 0.2) is 11.6 Å². The fourth-order valence-electron chi connectivity index (χ4n) is 14.0. The fourth-order valence-corrected chi connectivity index (χ4v) is 14.0. The lowest BCUT2D eigenvalue weighted by atomic mass is 9.86. The minimum absolute atomic E-state index is 0.0306. The summed E-state index contributed by atoms with van der Waals surface area (Å²) in [6, 6.07) is 51.9. The molecule has 0 spiro atoms. The molecule has 0 amide bonds. The van der Waals surface area contributed by atoms with Gasteiger partial charge in [-0.15, -0.1) is 0 Å². The van der Waals surface area contributed by atoms with Crippen molar-refractivity contribution in [2.24, 2.45) is 0 Å². The first-order chi connectivity index (χ1) is 53.9. The molecule has 0 fully saturated rings. The Balaban J connectivity index is 0.000000136. The first kappa shape index (κ1) is 79.8. The highest BCUT2D eigenvalue weighted by atomic mass is 19.4. The van der Waals surface area contributed by atoms with Crippen LogP contribution < -0.4 is 0 Å². The van der Waals surface area contributed by atoms with Crippen LogP contribution in [0.15, 0.2) is 250 Å². The van der Waals surface area contributed by atoms with Crippen molar-refractivity contribution < 1.29 is 62.3 Å². The molecule has 0 bridgehead atoms. The molecule has 1 atom stereocenters. The quantitative estimate of drug-likeness (QED) is 0.0766. The number of rotatable bonds is 13. The van der Waals surface area contributed by atoms with E-state index in [1.165, 1.54) is 31.2 Å². The van der Waals surface area contributed by atoms with Crippen molar-refractivity contribution in [1.82, 2.24) is 49.0 Å². The van der Waals surface area contributed by atoms with E-state index in [4.69, 9.17) is 0 Å². The molecule has 16 rings (SSSR count). The van der Waals surface area contributed by atoms with Gasteiger partial charge >= 0.3 is 24.7 Å². The van der Waals surface area contributed by atoms with Crippen molar-refractivity contribution in [3.63, 3.8) is 0 Å². The highest BCUT2D eigenvalue weighted by Crippen LogP contribution is 2.43. The smallest absolute Gasteiger partial charge is 0.346 e. The topological polar surface area (TPSA) is 156 Å². The van der Waals surface area contributed by atoms with Gasteiger partial charge in [-0.25, -0.2) is 24.9 Å². The predicted molar refractivity (Wildman–Crippen MR) is 416 cm³/mol. The third-order valence-electron chi connectivity index (χ3n) is 19.8. The molecule has 10 aromatic heterocycles. The molecule has 0 saturated carbocycles. The van der Waals surface area contributed by atoms with E-state index in [1.807, 2.05) is 101 Å². The number of pyridine rings is 5. The van der Waals surface area contributed by atoms with Crippen LogP contribution in [0.4, 0.5) is 52.7 Å². The number of carbonyl (C=O) groups excluding carboxylic acids is 2. The molecule has 0 radical (unpaired) electrons. The standard InChI is InChI=1S/C25H21F3N2O.C24H19F3N2O.C17H15F3N2.C16H13F3N2.C7H6N2/c1-3-23(31)17-9-11-19(12-10-17)30-15-18(20-7-5-13-29-24(20)30)14-21-16(2)6-4-8-22(21)25(26,27)28;1-15-5-3-7-22(24(25,26)27)21(15)13-18-14-29(23-20(18)6-4-12-28-23)19-10-8-17(9-11-19)16(2)30;1-10-5-3-7-14(17(18,19)20)15(10)11(2)13-9-22-16-12(13)6-4-8-21-16;1-10-4-2-6-14(16(17,18)19)13(10)8-11-9-21-15-12(11)5-3-7-20-15;1-2-6-3-5-9-7(6)8-4-1/h4-13,15H,3,14H2,1-2H3;3-12,14H,13H2,1-2H3;3-9,11H,1-2H3,(H,21,22);2-7,9H,8H2,1H3,(H,20,21);1-5H,(H,8,9). The van der Waals surface area contributed by atoms with Gasteiger partial charge in [-0.3, -0.25) is 9.59 Å². The van der Waals surface area contributed by atoms with E-state index in [0.29, 0.717) is 73.5 Å². The second-order valence-corrected chi connectivity index (χ2v) is 27.1. The van der Waals surface area contributed by atoms with E-state index >= 15 is 0 Å². The Kier molecular flexibility index (Phi) is 23.6. The van der Waals surface area contributed by atoms with Crippen molar-refractivity contribution in [1.29, 1.82) is 0 Å². The van der Waals surface area contributed by atoms with E-state index in [0.717, 1.165) is 90.5 Å². The normalized spacial score (nSPS) is 12.0. The Morgan fingerprint density at radius 2 is 0.788 bits per heavy atom. The molecular formula is C89H74F12N10O2. The lowest BCUT2D eigenvalue weighted by Gasteiger charge is -2.20. The Hall–Kier alpha value is -12.7. The number of aryl methyl sites for hydroxylation is 4. The van der Waals surface area contributed by atoms with Gasteiger partial charge in [0.05, 0.1) is 22.3 Å². The summed E-state index contributed by atoms with van der Waals surface area (Å²) < 4.78 is 165. The maximum Gasteiger partial charge on any atom is 0.416 e. The van der Waals surface area contributed by atoms with Crippen molar-refractivity contribution in [2.75, 3.05) is 0 Å². The summed E-state index contributed by atoms with van der Waals surface area (Å²) in [7, 11) is 0. The number of benzene rings is 6. The average molecular weight is 1540 g/mol. The van der Waals surface area contributed by atoms with E-state index in [9.17, 15) is 62.3 Å². The number of hydrogen-bond acceptors (Lipinski definition) is 7. The minimum Gasteiger partial charge on any atom is -0.346 e. The summed E-state index contributed by atoms with van der Waals surface area (Å²) in [5, 5.41) is 4.47. The summed E-state index contributed by atoms with van der Waals surface area (Å²) in [6.45, 7) is 11.9. The number of alkyl halides is 12. The summed E-state index contributed by atoms with van der Waals surface area (Å²) in [5.74, 6) is -0.352. The molecule has 0 aliphatic carbocycles. The number of nitrogens with zero attached hydrogens (tertiary/aromatic N) is 7. The summed E-state index contributed by atoms with van der Waals surface area (Å²) in [6.07, 6.45) is 0.817. The van der Waals surface area contributed by atoms with Crippen LogP contribution in [-0.4, -0.2) is 60.6 Å². The Bertz CT molecular complexity index is 6030. The zero-order chi connectivity index (χ0) is 80.7. The number of halogens is 12. The number of nitrogens with one attached hydrogen (secondary N) is 3. The number of carbonyl (C=O) groups is 2. The highest BCUT2D eigenvalue weighted by Gasteiger charge is 2.38. The molecule has 3 N–H and O–H groups in total. The Morgan fingerprint density at radius 1 is 0.398 bits per heavy atom. The van der Waals surface area contributed by atoms with Crippen LogP contribution in [0.1, 0.15) is 143 Å². The minimum atomic E-state index is -4.42. The number of ketones is 2. The highest BCUT2D eigenvalue weighted by molar-refractivity contribution is 5.96. The van der Waals surface area contributed by atoms with Crippen molar-refractivity contribution >= 4 is 66.7 Å². The van der Waals surface area contributed by atoms with Gasteiger partial charge < -0.3 is 24.1 Å². The van der Waals surface area contributed by atoms with Crippen LogP contribution >= 0.6 is 0 Å². The zero-order valence-corrected chi connectivity index (χ0v) is 62.1. The summed E-state index contributed by atoms with van der Waals surface area (Å²) in [4.78, 5) is 53.8. The fraction of sp³-hybridized carbons (Fsp3) is 0.180. The van der Waals surface area contributed by atoms with Crippen LogP contribution in [0.3, 0.4) is 0 Å². The average Bonchev–Trinajstić information content (AvgIpc) is 1.64. The zero-order valence-electron chi connectivity index (χ0n) is 62.1. The van der Waals surface area contributed by atoms with Crippen LogP contribution in [0.5, 0.6) is 0 Å². The molecule has 1 unspecified atom stereocenters. The number of aromatic nitrogens is 10. The van der Waals surface area contributed by atoms with Gasteiger partial charge in [0, 0.05) is 143 Å². The second-order valence-electron chi connectivity index (χ2n) is 27.1. The van der Waals surface area contributed by atoms with Gasteiger partial charge in [0.2, 0.25) is 0 Å². The molecular weight excluding hydrogens is 1470 g/mol. The van der Waals surface area contributed by atoms with E-state index in [-0.39, 0.29) is 47.9 Å². The molecule has 0 aliphatic heterocycles. The van der Waals surface area contributed by atoms with Crippen LogP contribution in [0.25, 0.3) is 66.5 Å². The van der Waals surface area contributed by atoms with E-state index < -0.39 is 47.0 Å². The molecule has 10 heterocycles. The van der Waals surface area contributed by atoms with Crippen LogP contribution in [-0.2, 0) is 44.0 Å². The molecule has 113 heavy (non-hydrogen) atoms. The number of H-pyrrole nitrogens is 3. The third kappa shape index (κ3) is 18.0. The Morgan fingerprint density at radius 3 is 1.24 bits per heavy atom. The van der Waals surface area contributed by atoms with Gasteiger partial charge in [-0.05, 0) is 241 Å². The molecule has 12 nitrogen and oxygen atoms in total. The molecule has 0 saturated heterocycles. The Labute approximate surface area is 641 Å². The van der Waals surface area contributed by atoms with Crippen LogP contribution in [0, 0.1) is 27.7 Å². The lowest BCUT2D eigenvalue weighted by molar-refractivity contribution is -0.139. The summed E-state index contributed by atoms with van der Waals surface area (Å²) >= 11 is 0. The SMILES string of the molecule is CC(=O)c1ccc(-n2cc(Cc3c(C)cccc3C(F)(F)F)c3cccnc32)cc1.CCC(=O)c1ccc(-n2cc(Cc3c(C)cccc3C(F)(F)F)c3cccnc32)cc1.Cc1cccc(C(F)(F)F)c1C(C)c1c[nH]c2ncccc12.Cc1cccc(C(F)(F)F)c1Cc1c[nH]c2ncccc12.c1cnc2[nH]ccc2c1. The largest absolute Gasteiger partial charge is 0.416 e. The second kappa shape index (κ2) is 33.5. The maximum atomic E-state index is 13.6. The molecule has 24 heteroatoms. The number of aromatic amines is 3. The van der Waals surface area contributed by atoms with Crippen molar-refractivity contribution in [2.45, 2.75) is 105 Å². The van der Waals surface area contributed by atoms with Crippen molar-refractivity contribution in [3.05, 3.63) is 350 Å².